The maximum atomic E-state index is 2.50. The zero-order valence-electron chi connectivity index (χ0n) is 8.61. The SMILES string of the molecule is CC(C)CCCC[CH2][Sn+]([CH3])[CH3]. The average Bonchev–Trinajstić information content (AvgIpc) is 1.85. The molecule has 0 aromatic rings. The van der Waals surface area contributed by atoms with Gasteiger partial charge in [-0.05, 0) is 0 Å². The zero-order chi connectivity index (χ0) is 8.69. The van der Waals surface area contributed by atoms with Gasteiger partial charge in [-0.1, -0.05) is 0 Å². The molecular formula is C10H23Sn+. The van der Waals surface area contributed by atoms with E-state index in [4.69, 9.17) is 0 Å². The van der Waals surface area contributed by atoms with Gasteiger partial charge in [-0.25, -0.2) is 0 Å². The number of hydrogen-bond acceptors (Lipinski definition) is 0. The first-order valence-corrected chi connectivity index (χ1v) is 12.6. The maximum absolute atomic E-state index is 2.50. The first-order valence-electron chi connectivity index (χ1n) is 4.92. The van der Waals surface area contributed by atoms with Gasteiger partial charge in [-0.3, -0.25) is 0 Å². The van der Waals surface area contributed by atoms with Gasteiger partial charge < -0.3 is 0 Å². The van der Waals surface area contributed by atoms with Crippen LogP contribution < -0.4 is 0 Å². The topological polar surface area (TPSA) is 0 Å². The summed E-state index contributed by atoms with van der Waals surface area (Å²) >= 11 is -0.710. The Morgan fingerprint density at radius 2 is 1.64 bits per heavy atom. The van der Waals surface area contributed by atoms with Gasteiger partial charge in [-0.15, -0.1) is 0 Å². The average molecular weight is 262 g/mol. The summed E-state index contributed by atoms with van der Waals surface area (Å²) in [5.74, 6) is 0.913. The Labute approximate surface area is 79.5 Å². The normalized spacial score (nSPS) is 10.6. The number of hydrogen-bond donors (Lipinski definition) is 0. The molecule has 0 fully saturated rings. The van der Waals surface area contributed by atoms with Crippen molar-refractivity contribution in [2.24, 2.45) is 5.92 Å². The van der Waals surface area contributed by atoms with Gasteiger partial charge in [0.25, 0.3) is 0 Å². The Bertz CT molecular complexity index is 66.9. The van der Waals surface area contributed by atoms with Crippen LogP contribution >= 0.6 is 0 Å². The second-order valence-corrected chi connectivity index (χ2v) is 12.5. The molecule has 0 atom stereocenters. The van der Waals surface area contributed by atoms with Crippen LogP contribution in [0.15, 0.2) is 0 Å². The molecule has 0 saturated carbocycles. The van der Waals surface area contributed by atoms with E-state index in [0.29, 0.717) is 0 Å². The van der Waals surface area contributed by atoms with E-state index in [1.807, 2.05) is 0 Å². The summed E-state index contributed by atoms with van der Waals surface area (Å²) in [5, 5.41) is 0. The summed E-state index contributed by atoms with van der Waals surface area (Å²) in [5.41, 5.74) is 0. The Morgan fingerprint density at radius 3 is 2.09 bits per heavy atom. The van der Waals surface area contributed by atoms with E-state index in [9.17, 15) is 0 Å². The van der Waals surface area contributed by atoms with Crippen LogP contribution in [0.3, 0.4) is 0 Å². The molecule has 0 bridgehead atoms. The molecule has 66 valence electrons. The molecule has 0 aliphatic heterocycles. The standard InChI is InChI=1S/C8H17.2CH3.Sn/c1-4-5-6-7-8(2)3;;;/h8H,1,4-7H2,2-3H3;2*1H3;/q;;;+1. The van der Waals surface area contributed by atoms with E-state index in [1.54, 1.807) is 4.44 Å². The van der Waals surface area contributed by atoms with Crippen LogP contribution in [0.5, 0.6) is 0 Å². The fraction of sp³-hybridized carbons (Fsp3) is 1.00. The van der Waals surface area contributed by atoms with Gasteiger partial charge in [0.05, 0.1) is 0 Å². The Kier molecular flexibility index (Phi) is 7.99. The second-order valence-electron chi connectivity index (χ2n) is 4.20. The number of rotatable bonds is 6. The van der Waals surface area contributed by atoms with Crippen molar-refractivity contribution < 1.29 is 0 Å². The van der Waals surface area contributed by atoms with Crippen LogP contribution in [0.4, 0.5) is 0 Å². The minimum atomic E-state index is -0.710. The predicted octanol–water partition coefficient (Wildman–Crippen LogP) is 3.96. The van der Waals surface area contributed by atoms with E-state index in [0.717, 1.165) is 5.92 Å². The Balaban J connectivity index is 2.91. The number of unbranched alkanes of at least 4 members (excludes halogenated alkanes) is 2. The molecule has 0 unspecified atom stereocenters. The molecule has 0 rings (SSSR count). The second kappa shape index (κ2) is 7.45. The van der Waals surface area contributed by atoms with Crippen LogP contribution in [0, 0.1) is 5.92 Å². The first-order chi connectivity index (χ1) is 5.13. The summed E-state index contributed by atoms with van der Waals surface area (Å²) in [6.07, 6.45) is 5.92. The molecule has 0 aliphatic rings. The predicted molar refractivity (Wildman–Crippen MR) is 55.6 cm³/mol. The van der Waals surface area contributed by atoms with E-state index in [-0.39, 0.29) is 0 Å². The van der Waals surface area contributed by atoms with Crippen molar-refractivity contribution in [1.82, 2.24) is 0 Å². The molecule has 0 heterocycles. The van der Waals surface area contributed by atoms with Crippen molar-refractivity contribution in [3.8, 4) is 0 Å². The van der Waals surface area contributed by atoms with Crippen molar-refractivity contribution in [2.45, 2.75) is 53.8 Å². The Hall–Kier alpha value is 0.799. The molecule has 0 N–H and O–H groups in total. The first kappa shape index (κ1) is 11.8. The summed E-state index contributed by atoms with van der Waals surface area (Å²) in [6.45, 7) is 4.64. The van der Waals surface area contributed by atoms with Gasteiger partial charge in [0, 0.05) is 0 Å². The summed E-state index contributed by atoms with van der Waals surface area (Å²) in [6, 6.07) is 0. The van der Waals surface area contributed by atoms with Gasteiger partial charge in [-0.2, -0.15) is 0 Å². The molecule has 0 spiro atoms. The molecule has 1 heteroatoms. The van der Waals surface area contributed by atoms with Crippen molar-refractivity contribution >= 4 is 19.8 Å². The Morgan fingerprint density at radius 1 is 1.00 bits per heavy atom. The molecule has 0 saturated heterocycles. The monoisotopic (exact) mass is 263 g/mol. The minimum absolute atomic E-state index is 0.710. The zero-order valence-corrected chi connectivity index (χ0v) is 11.5. The quantitative estimate of drug-likeness (QED) is 0.502. The summed E-state index contributed by atoms with van der Waals surface area (Å²) < 4.78 is 1.61. The van der Waals surface area contributed by atoms with Crippen LogP contribution in [-0.2, 0) is 0 Å². The fourth-order valence-electron chi connectivity index (χ4n) is 1.21. The molecule has 0 nitrogen and oxygen atoms in total. The molecular weight excluding hydrogens is 239 g/mol. The third-order valence-electron chi connectivity index (χ3n) is 1.96. The molecule has 11 heavy (non-hydrogen) atoms. The van der Waals surface area contributed by atoms with Gasteiger partial charge in [0.1, 0.15) is 0 Å². The van der Waals surface area contributed by atoms with E-state index in [2.05, 4.69) is 23.7 Å². The van der Waals surface area contributed by atoms with Crippen molar-refractivity contribution in [2.75, 3.05) is 0 Å². The third kappa shape index (κ3) is 10.8. The molecule has 0 radical (unpaired) electrons. The van der Waals surface area contributed by atoms with Crippen molar-refractivity contribution in [3.05, 3.63) is 0 Å². The molecule has 0 aliphatic carbocycles. The van der Waals surface area contributed by atoms with E-state index < -0.39 is 19.8 Å². The van der Waals surface area contributed by atoms with Crippen LogP contribution in [0.1, 0.15) is 39.5 Å². The van der Waals surface area contributed by atoms with Gasteiger partial charge >= 0.3 is 79.5 Å². The van der Waals surface area contributed by atoms with E-state index >= 15 is 0 Å². The van der Waals surface area contributed by atoms with Crippen LogP contribution in [0.25, 0.3) is 0 Å². The molecule has 0 aromatic carbocycles. The molecule has 0 aromatic heterocycles. The van der Waals surface area contributed by atoms with Crippen LogP contribution in [-0.4, -0.2) is 19.8 Å². The summed E-state index contributed by atoms with van der Waals surface area (Å²) in [7, 11) is 0. The van der Waals surface area contributed by atoms with Crippen molar-refractivity contribution in [3.63, 3.8) is 0 Å². The van der Waals surface area contributed by atoms with E-state index in [1.165, 1.54) is 25.7 Å². The van der Waals surface area contributed by atoms with Gasteiger partial charge in [0.15, 0.2) is 0 Å². The van der Waals surface area contributed by atoms with Crippen molar-refractivity contribution in [1.29, 1.82) is 0 Å². The molecule has 0 amide bonds. The third-order valence-corrected chi connectivity index (χ3v) is 5.82. The fourth-order valence-corrected chi connectivity index (χ4v) is 3.94. The summed E-state index contributed by atoms with van der Waals surface area (Å²) in [4.78, 5) is 5.01. The van der Waals surface area contributed by atoms with Gasteiger partial charge in [0.2, 0.25) is 0 Å². The van der Waals surface area contributed by atoms with Crippen LogP contribution in [0.2, 0.25) is 14.3 Å².